The van der Waals surface area contributed by atoms with Gasteiger partial charge in [-0.1, -0.05) is 20.8 Å². The maximum Gasteiger partial charge on any atom is 0.246 e. The van der Waals surface area contributed by atoms with Crippen LogP contribution in [0.15, 0.2) is 6.07 Å². The van der Waals surface area contributed by atoms with E-state index in [9.17, 15) is 13.2 Å². The number of nitrogens with zero attached hydrogens (tertiary/aromatic N) is 2. The average molecular weight is 329 g/mol. The van der Waals surface area contributed by atoms with E-state index in [-0.39, 0.29) is 5.41 Å². The summed E-state index contributed by atoms with van der Waals surface area (Å²) in [5, 5.41) is 6.43. The van der Waals surface area contributed by atoms with Crippen molar-refractivity contribution in [1.29, 1.82) is 0 Å². The van der Waals surface area contributed by atoms with Crippen molar-refractivity contribution in [2.45, 2.75) is 63.9 Å². The van der Waals surface area contributed by atoms with E-state index in [1.165, 1.54) is 13.8 Å². The van der Waals surface area contributed by atoms with E-state index < -0.39 is 25.7 Å². The fraction of sp³-hybridized carbons (Fsp3) is 0.733. The van der Waals surface area contributed by atoms with Crippen molar-refractivity contribution >= 4 is 21.6 Å². The molecule has 1 amide bonds. The standard InChI is InChI=1S/C15H27N3O3S/c1-10(2)22(20,21)15(6,7)13(19)16-12-9-11(14(3,4)5)17-18(12)8/h9-10H,1-8H3,(H,16,19). The molecule has 0 aliphatic rings. The first-order valence-corrected chi connectivity index (χ1v) is 8.85. The van der Waals surface area contributed by atoms with Gasteiger partial charge in [-0.15, -0.1) is 0 Å². The predicted molar refractivity (Wildman–Crippen MR) is 88.7 cm³/mol. The third-order valence-corrected chi connectivity index (χ3v) is 6.62. The minimum absolute atomic E-state index is 0.153. The Labute approximate surface area is 133 Å². The van der Waals surface area contributed by atoms with E-state index >= 15 is 0 Å². The number of rotatable bonds is 4. The Hall–Kier alpha value is -1.37. The molecule has 0 aliphatic heterocycles. The second-order valence-electron chi connectivity index (χ2n) is 7.35. The van der Waals surface area contributed by atoms with Gasteiger partial charge in [-0.05, 0) is 27.7 Å². The normalized spacial score (nSPS) is 13.5. The monoisotopic (exact) mass is 329 g/mol. The van der Waals surface area contributed by atoms with Crippen LogP contribution in [0.3, 0.4) is 0 Å². The molecule has 7 heteroatoms. The summed E-state index contributed by atoms with van der Waals surface area (Å²) in [5.41, 5.74) is 0.676. The first kappa shape index (κ1) is 18.7. The minimum Gasteiger partial charge on any atom is -0.310 e. The average Bonchev–Trinajstić information content (AvgIpc) is 2.70. The van der Waals surface area contributed by atoms with Crippen LogP contribution in [0.25, 0.3) is 0 Å². The number of anilines is 1. The number of aromatic nitrogens is 2. The molecule has 22 heavy (non-hydrogen) atoms. The predicted octanol–water partition coefficient (Wildman–Crippen LogP) is 2.26. The Balaban J connectivity index is 3.11. The Morgan fingerprint density at radius 1 is 1.23 bits per heavy atom. The molecule has 6 nitrogen and oxygen atoms in total. The largest absolute Gasteiger partial charge is 0.310 e. The van der Waals surface area contributed by atoms with Gasteiger partial charge in [0.05, 0.1) is 10.9 Å². The molecule has 0 fully saturated rings. The van der Waals surface area contributed by atoms with Crippen molar-refractivity contribution in [1.82, 2.24) is 9.78 Å². The zero-order chi connectivity index (χ0) is 17.5. The van der Waals surface area contributed by atoms with E-state index in [2.05, 4.69) is 10.4 Å². The van der Waals surface area contributed by atoms with Crippen LogP contribution < -0.4 is 5.32 Å². The fourth-order valence-corrected chi connectivity index (χ4v) is 3.42. The van der Waals surface area contributed by atoms with Gasteiger partial charge in [-0.3, -0.25) is 9.48 Å². The molecule has 0 aromatic carbocycles. The highest BCUT2D eigenvalue weighted by Gasteiger charge is 2.43. The lowest BCUT2D eigenvalue weighted by molar-refractivity contribution is -0.117. The second kappa shape index (κ2) is 5.68. The molecule has 0 spiro atoms. The van der Waals surface area contributed by atoms with Crippen molar-refractivity contribution in [3.8, 4) is 0 Å². The van der Waals surface area contributed by atoms with Gasteiger partial charge in [0.15, 0.2) is 9.84 Å². The van der Waals surface area contributed by atoms with E-state index in [1.807, 2.05) is 20.8 Å². The molecule has 0 radical (unpaired) electrons. The number of sulfone groups is 1. The van der Waals surface area contributed by atoms with E-state index in [0.717, 1.165) is 5.69 Å². The summed E-state index contributed by atoms with van der Waals surface area (Å²) in [6, 6.07) is 1.77. The Bertz CT molecular complexity index is 665. The van der Waals surface area contributed by atoms with Crippen LogP contribution in [0.5, 0.6) is 0 Å². The van der Waals surface area contributed by atoms with Gasteiger partial charge in [0.1, 0.15) is 10.6 Å². The number of carbonyl (C=O) groups excluding carboxylic acids is 1. The maximum atomic E-state index is 12.5. The lowest BCUT2D eigenvalue weighted by atomic mass is 9.92. The van der Waals surface area contributed by atoms with Crippen LogP contribution in [0.2, 0.25) is 0 Å². The topological polar surface area (TPSA) is 81.1 Å². The lowest BCUT2D eigenvalue weighted by Gasteiger charge is -2.25. The molecule has 1 aromatic heterocycles. The summed E-state index contributed by atoms with van der Waals surface area (Å²) < 4.78 is 24.7. The summed E-state index contributed by atoms with van der Waals surface area (Å²) in [6.45, 7) is 12.1. The second-order valence-corrected chi connectivity index (χ2v) is 10.4. The number of carbonyl (C=O) groups is 1. The van der Waals surface area contributed by atoms with Crippen molar-refractivity contribution in [3.63, 3.8) is 0 Å². The molecule has 0 atom stereocenters. The van der Waals surface area contributed by atoms with Gasteiger partial charge in [-0.25, -0.2) is 8.42 Å². The van der Waals surface area contributed by atoms with Gasteiger partial charge < -0.3 is 5.32 Å². The smallest absolute Gasteiger partial charge is 0.246 e. The highest BCUT2D eigenvalue weighted by Crippen LogP contribution is 2.26. The number of hydrogen-bond donors (Lipinski definition) is 1. The molecule has 0 saturated heterocycles. The van der Waals surface area contributed by atoms with Crippen molar-refractivity contribution in [2.24, 2.45) is 7.05 Å². The maximum absolute atomic E-state index is 12.5. The Morgan fingerprint density at radius 2 is 1.73 bits per heavy atom. The van der Waals surface area contributed by atoms with Crippen molar-refractivity contribution in [3.05, 3.63) is 11.8 Å². The van der Waals surface area contributed by atoms with Crippen molar-refractivity contribution in [2.75, 3.05) is 5.32 Å². The third kappa shape index (κ3) is 3.34. The van der Waals surface area contributed by atoms with E-state index in [4.69, 9.17) is 0 Å². The SMILES string of the molecule is CC(C)S(=O)(=O)C(C)(C)C(=O)Nc1cc(C(C)(C)C)nn1C. The first-order chi connectivity index (χ1) is 9.71. The quantitative estimate of drug-likeness (QED) is 0.918. The van der Waals surface area contributed by atoms with E-state index in [0.29, 0.717) is 5.82 Å². The molecule has 1 heterocycles. The summed E-state index contributed by atoms with van der Waals surface area (Å²) in [6.07, 6.45) is 0. The molecule has 0 aliphatic carbocycles. The highest BCUT2D eigenvalue weighted by atomic mass is 32.2. The molecular formula is C15H27N3O3S. The van der Waals surface area contributed by atoms with Gasteiger partial charge >= 0.3 is 0 Å². The molecule has 0 bridgehead atoms. The minimum atomic E-state index is -3.57. The van der Waals surface area contributed by atoms with Crippen LogP contribution in [0.1, 0.15) is 54.2 Å². The summed E-state index contributed by atoms with van der Waals surface area (Å²) in [7, 11) is -1.85. The fourth-order valence-electron chi connectivity index (χ4n) is 1.94. The molecule has 0 unspecified atom stereocenters. The molecule has 1 rings (SSSR count). The number of nitrogens with one attached hydrogen (secondary N) is 1. The summed E-state index contributed by atoms with van der Waals surface area (Å²) in [5.74, 6) is -0.0633. The lowest BCUT2D eigenvalue weighted by Crippen LogP contribution is -2.47. The summed E-state index contributed by atoms with van der Waals surface area (Å²) in [4.78, 5) is 12.5. The Kier molecular flexibility index (Phi) is 4.82. The molecule has 0 saturated carbocycles. The van der Waals surface area contributed by atoms with Crippen LogP contribution in [0.4, 0.5) is 5.82 Å². The number of hydrogen-bond acceptors (Lipinski definition) is 4. The van der Waals surface area contributed by atoms with Crippen LogP contribution in [0, 0.1) is 0 Å². The van der Waals surface area contributed by atoms with Gasteiger partial charge in [0, 0.05) is 18.5 Å². The Morgan fingerprint density at radius 3 is 2.09 bits per heavy atom. The first-order valence-electron chi connectivity index (χ1n) is 7.30. The third-order valence-electron chi connectivity index (χ3n) is 3.77. The van der Waals surface area contributed by atoms with Gasteiger partial charge in [0.25, 0.3) is 0 Å². The zero-order valence-electron chi connectivity index (χ0n) is 14.7. The van der Waals surface area contributed by atoms with Gasteiger partial charge in [-0.2, -0.15) is 5.10 Å². The molecular weight excluding hydrogens is 302 g/mol. The van der Waals surface area contributed by atoms with Crippen LogP contribution >= 0.6 is 0 Å². The van der Waals surface area contributed by atoms with E-state index in [1.54, 1.807) is 31.6 Å². The molecule has 126 valence electrons. The summed E-state index contributed by atoms with van der Waals surface area (Å²) >= 11 is 0. The van der Waals surface area contributed by atoms with Crippen LogP contribution in [-0.4, -0.2) is 34.1 Å². The highest BCUT2D eigenvalue weighted by molar-refractivity contribution is 7.94. The van der Waals surface area contributed by atoms with Crippen molar-refractivity contribution < 1.29 is 13.2 Å². The van der Waals surface area contributed by atoms with Crippen LogP contribution in [-0.2, 0) is 27.1 Å². The zero-order valence-corrected chi connectivity index (χ0v) is 15.5. The number of amides is 1. The molecule has 1 N–H and O–H groups in total. The van der Waals surface area contributed by atoms with Gasteiger partial charge in [0.2, 0.25) is 5.91 Å². The number of aryl methyl sites for hydroxylation is 1. The molecule has 1 aromatic rings.